The van der Waals surface area contributed by atoms with E-state index in [1.807, 2.05) is 0 Å². The molecule has 1 aromatic heterocycles. The number of hydrogen-bond acceptors (Lipinski definition) is 1. The predicted molar refractivity (Wildman–Crippen MR) is 77.0 cm³/mol. The zero-order chi connectivity index (χ0) is 13.4. The zero-order valence-electron chi connectivity index (χ0n) is 12.5. The van der Waals surface area contributed by atoms with Crippen molar-refractivity contribution < 1.29 is 21.1 Å². The van der Waals surface area contributed by atoms with Crippen molar-refractivity contribution in [3.05, 3.63) is 40.7 Å². The van der Waals surface area contributed by atoms with Crippen molar-refractivity contribution in [2.75, 3.05) is 0 Å². The molecule has 0 spiro atoms. The Hall–Kier alpha value is -0.882. The molecular formula is C16H22N2Pt. The van der Waals surface area contributed by atoms with Crippen molar-refractivity contribution in [2.45, 2.75) is 47.6 Å². The van der Waals surface area contributed by atoms with E-state index in [0.29, 0.717) is 6.04 Å². The van der Waals surface area contributed by atoms with Gasteiger partial charge in [-0.2, -0.15) is 5.10 Å². The second kappa shape index (κ2) is 6.05. The first kappa shape index (κ1) is 16.2. The number of aryl methyl sites for hydroxylation is 3. The average molecular weight is 437 g/mol. The van der Waals surface area contributed by atoms with Crippen LogP contribution in [0.3, 0.4) is 0 Å². The molecule has 0 fully saturated rings. The Bertz CT molecular complexity index is 583. The first-order valence-electron chi connectivity index (χ1n) is 6.55. The van der Waals surface area contributed by atoms with E-state index < -0.39 is 0 Å². The first-order valence-corrected chi connectivity index (χ1v) is 6.55. The molecule has 1 heterocycles. The fourth-order valence-corrected chi connectivity index (χ4v) is 2.48. The van der Waals surface area contributed by atoms with Crippen LogP contribution in [0.2, 0.25) is 0 Å². The van der Waals surface area contributed by atoms with Crippen LogP contribution in [-0.2, 0) is 21.1 Å². The second-order valence-electron chi connectivity index (χ2n) is 5.38. The van der Waals surface area contributed by atoms with E-state index in [1.165, 1.54) is 27.9 Å². The molecule has 2 rings (SSSR count). The summed E-state index contributed by atoms with van der Waals surface area (Å²) in [5.41, 5.74) is 7.61. The van der Waals surface area contributed by atoms with Gasteiger partial charge < -0.3 is 0 Å². The van der Waals surface area contributed by atoms with Crippen LogP contribution in [0.15, 0.2) is 18.2 Å². The van der Waals surface area contributed by atoms with Crippen LogP contribution in [-0.4, -0.2) is 9.78 Å². The molecule has 0 bridgehead atoms. The van der Waals surface area contributed by atoms with Crippen LogP contribution in [0.4, 0.5) is 0 Å². The summed E-state index contributed by atoms with van der Waals surface area (Å²) in [5, 5.41) is 4.65. The summed E-state index contributed by atoms with van der Waals surface area (Å²) in [7, 11) is 0. The van der Waals surface area contributed by atoms with E-state index in [1.54, 1.807) is 0 Å². The average Bonchev–Trinajstić information content (AvgIpc) is 2.59. The molecule has 1 aromatic carbocycles. The Balaban J connectivity index is 0.00000180. The van der Waals surface area contributed by atoms with Gasteiger partial charge in [-0.3, -0.25) is 4.68 Å². The molecule has 2 nitrogen and oxygen atoms in total. The molecule has 0 saturated heterocycles. The van der Waals surface area contributed by atoms with Gasteiger partial charge >= 0.3 is 0 Å². The van der Waals surface area contributed by atoms with Crippen LogP contribution in [0, 0.1) is 27.7 Å². The third-order valence-corrected chi connectivity index (χ3v) is 3.61. The van der Waals surface area contributed by atoms with Gasteiger partial charge in [-0.25, -0.2) is 0 Å². The SMILES string of the molecule is Cc1ccc(-c2c(C)nn(C(C)C)c2C)cc1C.[Pt]. The molecule has 106 valence electrons. The van der Waals surface area contributed by atoms with E-state index >= 15 is 0 Å². The molecule has 0 amide bonds. The van der Waals surface area contributed by atoms with Crippen molar-refractivity contribution in [1.82, 2.24) is 9.78 Å². The summed E-state index contributed by atoms with van der Waals surface area (Å²) in [6, 6.07) is 7.06. The smallest absolute Gasteiger partial charge is 0.0675 e. The number of rotatable bonds is 2. The first-order chi connectivity index (χ1) is 8.41. The molecule has 0 aliphatic carbocycles. The van der Waals surface area contributed by atoms with Crippen LogP contribution >= 0.6 is 0 Å². The van der Waals surface area contributed by atoms with E-state index in [0.717, 1.165) is 5.69 Å². The predicted octanol–water partition coefficient (Wildman–Crippen LogP) is 4.36. The Morgan fingerprint density at radius 3 is 2.11 bits per heavy atom. The fraction of sp³-hybridized carbons (Fsp3) is 0.438. The van der Waals surface area contributed by atoms with E-state index in [-0.39, 0.29) is 21.1 Å². The summed E-state index contributed by atoms with van der Waals surface area (Å²) in [6.07, 6.45) is 0. The van der Waals surface area contributed by atoms with Crippen molar-refractivity contribution in [1.29, 1.82) is 0 Å². The van der Waals surface area contributed by atoms with Gasteiger partial charge in [-0.15, -0.1) is 0 Å². The summed E-state index contributed by atoms with van der Waals surface area (Å²) in [4.78, 5) is 0. The molecule has 0 N–H and O–H groups in total. The Kier molecular flexibility index (Phi) is 5.15. The van der Waals surface area contributed by atoms with Crippen LogP contribution in [0.1, 0.15) is 42.4 Å². The van der Waals surface area contributed by atoms with E-state index in [9.17, 15) is 0 Å². The second-order valence-corrected chi connectivity index (χ2v) is 5.38. The zero-order valence-corrected chi connectivity index (χ0v) is 14.8. The Morgan fingerprint density at radius 1 is 1.00 bits per heavy atom. The van der Waals surface area contributed by atoms with Gasteiger partial charge in [-0.05, 0) is 58.2 Å². The van der Waals surface area contributed by atoms with Gasteiger partial charge in [0, 0.05) is 38.4 Å². The van der Waals surface area contributed by atoms with E-state index in [4.69, 9.17) is 0 Å². The molecule has 0 atom stereocenters. The Labute approximate surface area is 130 Å². The van der Waals surface area contributed by atoms with Crippen molar-refractivity contribution in [3.8, 4) is 11.1 Å². The summed E-state index contributed by atoms with van der Waals surface area (Å²) >= 11 is 0. The van der Waals surface area contributed by atoms with Crippen LogP contribution in [0.5, 0.6) is 0 Å². The number of nitrogens with zero attached hydrogens (tertiary/aromatic N) is 2. The number of benzene rings is 1. The van der Waals surface area contributed by atoms with Gasteiger partial charge in [-0.1, -0.05) is 18.2 Å². The molecule has 0 aliphatic heterocycles. The minimum absolute atomic E-state index is 0. The summed E-state index contributed by atoms with van der Waals surface area (Å²) < 4.78 is 2.11. The van der Waals surface area contributed by atoms with Crippen molar-refractivity contribution in [2.24, 2.45) is 0 Å². The quantitative estimate of drug-likeness (QED) is 0.683. The molecule has 0 saturated carbocycles. The minimum Gasteiger partial charge on any atom is -0.266 e. The third-order valence-electron chi connectivity index (χ3n) is 3.61. The van der Waals surface area contributed by atoms with Crippen LogP contribution in [0.25, 0.3) is 11.1 Å². The maximum atomic E-state index is 4.65. The summed E-state index contributed by atoms with van der Waals surface area (Å²) in [6.45, 7) is 12.9. The molecule has 2 aromatic rings. The van der Waals surface area contributed by atoms with Gasteiger partial charge in [0.05, 0.1) is 5.69 Å². The number of aromatic nitrogens is 2. The maximum absolute atomic E-state index is 4.65. The van der Waals surface area contributed by atoms with Gasteiger partial charge in [0.2, 0.25) is 0 Å². The van der Waals surface area contributed by atoms with Crippen molar-refractivity contribution >= 4 is 0 Å². The third kappa shape index (κ3) is 3.00. The van der Waals surface area contributed by atoms with Gasteiger partial charge in [0.25, 0.3) is 0 Å². The topological polar surface area (TPSA) is 17.8 Å². The maximum Gasteiger partial charge on any atom is 0.0675 e. The molecule has 3 heteroatoms. The molecule has 0 unspecified atom stereocenters. The Morgan fingerprint density at radius 2 is 1.63 bits per heavy atom. The number of hydrogen-bond donors (Lipinski definition) is 0. The molecule has 0 aliphatic rings. The van der Waals surface area contributed by atoms with Gasteiger partial charge in [0.1, 0.15) is 0 Å². The van der Waals surface area contributed by atoms with Gasteiger partial charge in [0.15, 0.2) is 0 Å². The van der Waals surface area contributed by atoms with Crippen molar-refractivity contribution in [3.63, 3.8) is 0 Å². The fourth-order valence-electron chi connectivity index (χ4n) is 2.48. The monoisotopic (exact) mass is 437 g/mol. The van der Waals surface area contributed by atoms with Crippen LogP contribution < -0.4 is 0 Å². The standard InChI is InChI=1S/C16H22N2.Pt/c1-10(2)18-14(6)16(13(5)17-18)15-8-7-11(3)12(4)9-15;/h7-10H,1-6H3;. The molecule has 19 heavy (non-hydrogen) atoms. The van der Waals surface area contributed by atoms with E-state index in [2.05, 4.69) is 69.5 Å². The minimum atomic E-state index is 0. The largest absolute Gasteiger partial charge is 0.266 e. The normalized spacial score (nSPS) is 10.7. The summed E-state index contributed by atoms with van der Waals surface area (Å²) in [5.74, 6) is 0. The molecule has 0 radical (unpaired) electrons. The molecular weight excluding hydrogens is 415 g/mol.